The van der Waals surface area contributed by atoms with E-state index in [0.29, 0.717) is 5.56 Å². The van der Waals surface area contributed by atoms with Gasteiger partial charge in [0.05, 0.1) is 47.6 Å². The van der Waals surface area contributed by atoms with Crippen molar-refractivity contribution in [3.05, 3.63) is 64.2 Å². The van der Waals surface area contributed by atoms with Crippen LogP contribution in [0.2, 0.25) is 0 Å². The summed E-state index contributed by atoms with van der Waals surface area (Å²) in [5.74, 6) is -0.779. The fraction of sp³-hybridized carbons (Fsp3) is 0.133. The van der Waals surface area contributed by atoms with Gasteiger partial charge in [-0.3, -0.25) is 10.1 Å². The number of para-hydroxylation sites is 2. The fourth-order valence-corrected chi connectivity index (χ4v) is 2.36. The van der Waals surface area contributed by atoms with Crippen LogP contribution < -0.4 is 4.74 Å². The maximum Gasteiger partial charge on any atom is 0.277 e. The van der Waals surface area contributed by atoms with E-state index in [2.05, 4.69) is 4.98 Å². The van der Waals surface area contributed by atoms with Crippen LogP contribution in [0.3, 0.4) is 0 Å². The van der Waals surface area contributed by atoms with Crippen molar-refractivity contribution in [1.29, 1.82) is 0 Å². The minimum absolute atomic E-state index is 0.0231. The number of ether oxygens (including phenoxy) is 1. The first kappa shape index (κ1) is 14.0. The Morgan fingerprint density at radius 2 is 2.14 bits per heavy atom. The van der Waals surface area contributed by atoms with Crippen LogP contribution in [0, 0.1) is 15.9 Å². The van der Waals surface area contributed by atoms with Crippen molar-refractivity contribution in [3.63, 3.8) is 0 Å². The third-order valence-corrected chi connectivity index (χ3v) is 3.42. The minimum atomic E-state index is -0.756. The zero-order valence-electron chi connectivity index (χ0n) is 11.7. The van der Waals surface area contributed by atoms with E-state index in [1.165, 1.54) is 13.2 Å². The van der Waals surface area contributed by atoms with E-state index in [4.69, 9.17) is 4.74 Å². The molecule has 1 aromatic heterocycles. The molecular formula is C15H12FN3O3. The summed E-state index contributed by atoms with van der Waals surface area (Å²) in [5, 5.41) is 11.1. The van der Waals surface area contributed by atoms with Crippen molar-refractivity contribution in [2.75, 3.05) is 7.11 Å². The topological polar surface area (TPSA) is 70.2 Å². The maximum absolute atomic E-state index is 13.7. The number of imidazole rings is 1. The van der Waals surface area contributed by atoms with Crippen LogP contribution in [0.1, 0.15) is 5.56 Å². The molecule has 3 aromatic rings. The number of methoxy groups -OCH3 is 1. The molecule has 0 aliphatic rings. The Hall–Kier alpha value is -2.96. The number of halogens is 1. The molecule has 0 amide bonds. The summed E-state index contributed by atoms with van der Waals surface area (Å²) in [6.07, 6.45) is 1.60. The second kappa shape index (κ2) is 5.44. The summed E-state index contributed by atoms with van der Waals surface area (Å²) in [6.45, 7) is 0.202. The Kier molecular flexibility index (Phi) is 3.46. The molecule has 0 saturated heterocycles. The van der Waals surface area contributed by atoms with Crippen molar-refractivity contribution in [2.24, 2.45) is 0 Å². The standard InChI is InChI=1S/C15H12FN3O3/c1-22-15-6-10(14(19(20)21)7-11(15)16)8-18-9-17-12-4-2-3-5-13(12)18/h2-7,9H,8H2,1H3. The molecule has 6 nitrogen and oxygen atoms in total. The smallest absolute Gasteiger partial charge is 0.277 e. The molecule has 0 fully saturated rings. The number of nitrogens with zero attached hydrogens (tertiary/aromatic N) is 3. The Labute approximate surface area is 124 Å². The highest BCUT2D eigenvalue weighted by Gasteiger charge is 2.19. The van der Waals surface area contributed by atoms with E-state index in [-0.39, 0.29) is 18.0 Å². The van der Waals surface area contributed by atoms with Crippen LogP contribution in [0.5, 0.6) is 5.75 Å². The number of benzene rings is 2. The average Bonchev–Trinajstić information content (AvgIpc) is 2.91. The Morgan fingerprint density at radius 1 is 1.36 bits per heavy atom. The van der Waals surface area contributed by atoms with Crippen LogP contribution in [0.25, 0.3) is 11.0 Å². The molecule has 0 radical (unpaired) electrons. The Bertz CT molecular complexity index is 860. The fourth-order valence-electron chi connectivity index (χ4n) is 2.36. The molecule has 112 valence electrons. The summed E-state index contributed by atoms with van der Waals surface area (Å²) < 4.78 is 20.4. The second-order valence-corrected chi connectivity index (χ2v) is 4.73. The van der Waals surface area contributed by atoms with Crippen LogP contribution in [0.15, 0.2) is 42.7 Å². The van der Waals surface area contributed by atoms with Gasteiger partial charge in [0.15, 0.2) is 11.6 Å². The summed E-state index contributed by atoms with van der Waals surface area (Å²) in [7, 11) is 1.32. The molecule has 3 rings (SSSR count). The largest absolute Gasteiger partial charge is 0.494 e. The SMILES string of the molecule is COc1cc(Cn2cnc3ccccc32)c([N+](=O)[O-])cc1F. The summed E-state index contributed by atoms with van der Waals surface area (Å²) in [5.41, 5.74) is 1.71. The van der Waals surface area contributed by atoms with Crippen molar-refractivity contribution < 1.29 is 14.1 Å². The number of nitro benzene ring substituents is 1. The van der Waals surface area contributed by atoms with Gasteiger partial charge in [0, 0.05) is 0 Å². The highest BCUT2D eigenvalue weighted by atomic mass is 19.1. The second-order valence-electron chi connectivity index (χ2n) is 4.73. The summed E-state index contributed by atoms with van der Waals surface area (Å²) >= 11 is 0. The quantitative estimate of drug-likeness (QED) is 0.548. The Balaban J connectivity index is 2.09. The van der Waals surface area contributed by atoms with Gasteiger partial charge in [-0.15, -0.1) is 0 Å². The van der Waals surface area contributed by atoms with E-state index >= 15 is 0 Å². The molecule has 0 aliphatic heterocycles. The van der Waals surface area contributed by atoms with E-state index in [9.17, 15) is 14.5 Å². The van der Waals surface area contributed by atoms with Crippen molar-refractivity contribution in [2.45, 2.75) is 6.54 Å². The third kappa shape index (κ3) is 2.37. The molecule has 0 spiro atoms. The molecule has 0 bridgehead atoms. The molecule has 7 heteroatoms. The van der Waals surface area contributed by atoms with Crippen molar-refractivity contribution in [3.8, 4) is 5.75 Å². The lowest BCUT2D eigenvalue weighted by atomic mass is 10.1. The van der Waals surface area contributed by atoms with Crippen LogP contribution in [-0.2, 0) is 6.54 Å². The molecule has 0 N–H and O–H groups in total. The monoisotopic (exact) mass is 301 g/mol. The molecule has 2 aromatic carbocycles. The molecule has 1 heterocycles. The van der Waals surface area contributed by atoms with Gasteiger partial charge in [-0.2, -0.15) is 0 Å². The number of nitro groups is 1. The van der Waals surface area contributed by atoms with Gasteiger partial charge in [-0.25, -0.2) is 9.37 Å². The van der Waals surface area contributed by atoms with Gasteiger partial charge >= 0.3 is 0 Å². The zero-order chi connectivity index (χ0) is 15.7. The maximum atomic E-state index is 13.7. The van der Waals surface area contributed by atoms with Gasteiger partial charge in [0.2, 0.25) is 0 Å². The molecule has 22 heavy (non-hydrogen) atoms. The lowest BCUT2D eigenvalue weighted by Gasteiger charge is -2.08. The van der Waals surface area contributed by atoms with Crippen LogP contribution in [0.4, 0.5) is 10.1 Å². The molecule has 0 aliphatic carbocycles. The lowest BCUT2D eigenvalue weighted by molar-refractivity contribution is -0.385. The van der Waals surface area contributed by atoms with Gasteiger partial charge in [-0.05, 0) is 18.2 Å². The first-order valence-corrected chi connectivity index (χ1v) is 6.51. The van der Waals surface area contributed by atoms with Crippen LogP contribution >= 0.6 is 0 Å². The van der Waals surface area contributed by atoms with E-state index in [0.717, 1.165) is 17.1 Å². The predicted molar refractivity (Wildman–Crippen MR) is 78.4 cm³/mol. The van der Waals surface area contributed by atoms with Crippen molar-refractivity contribution in [1.82, 2.24) is 9.55 Å². The van der Waals surface area contributed by atoms with Crippen molar-refractivity contribution >= 4 is 16.7 Å². The van der Waals surface area contributed by atoms with Crippen LogP contribution in [-0.4, -0.2) is 21.6 Å². The lowest BCUT2D eigenvalue weighted by Crippen LogP contribution is -2.04. The van der Waals surface area contributed by atoms with Gasteiger partial charge in [-0.1, -0.05) is 12.1 Å². The highest BCUT2D eigenvalue weighted by Crippen LogP contribution is 2.29. The molecular weight excluding hydrogens is 289 g/mol. The molecule has 0 saturated carbocycles. The number of rotatable bonds is 4. The zero-order valence-corrected chi connectivity index (χ0v) is 11.7. The van der Waals surface area contributed by atoms with E-state index in [1.807, 2.05) is 24.3 Å². The minimum Gasteiger partial charge on any atom is -0.494 e. The average molecular weight is 301 g/mol. The first-order chi connectivity index (χ1) is 10.6. The van der Waals surface area contributed by atoms with E-state index < -0.39 is 10.7 Å². The summed E-state index contributed by atoms with van der Waals surface area (Å²) in [6, 6.07) is 9.68. The number of hydrogen-bond acceptors (Lipinski definition) is 4. The van der Waals surface area contributed by atoms with Gasteiger partial charge in [0.25, 0.3) is 5.69 Å². The van der Waals surface area contributed by atoms with Gasteiger partial charge < -0.3 is 9.30 Å². The molecule has 0 atom stereocenters. The number of hydrogen-bond donors (Lipinski definition) is 0. The summed E-state index contributed by atoms with van der Waals surface area (Å²) in [4.78, 5) is 14.8. The molecule has 0 unspecified atom stereocenters. The Morgan fingerprint density at radius 3 is 2.86 bits per heavy atom. The number of fused-ring (bicyclic) bond motifs is 1. The van der Waals surface area contributed by atoms with E-state index in [1.54, 1.807) is 10.9 Å². The third-order valence-electron chi connectivity index (χ3n) is 3.42. The first-order valence-electron chi connectivity index (χ1n) is 6.51. The normalized spacial score (nSPS) is 10.8. The van der Waals surface area contributed by atoms with Gasteiger partial charge in [0.1, 0.15) is 0 Å². The highest BCUT2D eigenvalue weighted by molar-refractivity contribution is 5.75. The predicted octanol–water partition coefficient (Wildman–Crippen LogP) is 3.14. The number of aromatic nitrogens is 2.